The number of hydrogen-bond acceptors (Lipinski definition) is 1. The SMILES string of the molecule is Cc1cc2cc(CC(C)(C)C)cc3c2c(c1C)-c1c(cc2c([Si](C)(C)c4ccccc4)cccc2[n+]1C)O3. The predicted molar refractivity (Wildman–Crippen MR) is 164 cm³/mol. The lowest BCUT2D eigenvalue weighted by Gasteiger charge is -2.27. The molecule has 5 aromatic rings. The molecule has 0 spiro atoms. The molecule has 0 fully saturated rings. The van der Waals surface area contributed by atoms with Gasteiger partial charge in [-0.25, -0.2) is 0 Å². The highest BCUT2D eigenvalue weighted by molar-refractivity contribution is 7.01. The minimum atomic E-state index is -1.93. The van der Waals surface area contributed by atoms with E-state index in [0.717, 1.165) is 17.9 Å². The molecule has 0 saturated carbocycles. The Balaban J connectivity index is 1.65. The van der Waals surface area contributed by atoms with Gasteiger partial charge in [0, 0.05) is 22.9 Å². The molecule has 0 bridgehead atoms. The van der Waals surface area contributed by atoms with Gasteiger partial charge in [-0.15, -0.1) is 0 Å². The van der Waals surface area contributed by atoms with Crippen molar-refractivity contribution in [3.05, 3.63) is 89.5 Å². The highest BCUT2D eigenvalue weighted by Crippen LogP contribution is 2.48. The van der Waals surface area contributed by atoms with Crippen LogP contribution in [0.4, 0.5) is 0 Å². The van der Waals surface area contributed by atoms with Crippen molar-refractivity contribution in [2.24, 2.45) is 12.5 Å². The molecule has 38 heavy (non-hydrogen) atoms. The van der Waals surface area contributed by atoms with E-state index in [9.17, 15) is 0 Å². The molecule has 0 amide bonds. The van der Waals surface area contributed by atoms with Gasteiger partial charge in [0.05, 0.1) is 5.56 Å². The van der Waals surface area contributed by atoms with Crippen molar-refractivity contribution >= 4 is 40.1 Å². The van der Waals surface area contributed by atoms with E-state index in [-0.39, 0.29) is 5.41 Å². The second kappa shape index (κ2) is 8.54. The molecule has 0 N–H and O–H groups in total. The number of fused-ring (bicyclic) bond motifs is 3. The maximum atomic E-state index is 6.86. The van der Waals surface area contributed by atoms with Crippen molar-refractivity contribution in [3.63, 3.8) is 0 Å². The van der Waals surface area contributed by atoms with E-state index in [2.05, 4.69) is 132 Å². The predicted octanol–water partition coefficient (Wildman–Crippen LogP) is 7.62. The third kappa shape index (κ3) is 3.87. The fourth-order valence-corrected chi connectivity index (χ4v) is 9.14. The lowest BCUT2D eigenvalue weighted by Crippen LogP contribution is -2.53. The summed E-state index contributed by atoms with van der Waals surface area (Å²) >= 11 is 0. The van der Waals surface area contributed by atoms with Crippen LogP contribution >= 0.6 is 0 Å². The molecule has 2 nitrogen and oxygen atoms in total. The molecule has 6 rings (SSSR count). The van der Waals surface area contributed by atoms with Gasteiger partial charge in [0.15, 0.2) is 5.75 Å². The van der Waals surface area contributed by atoms with Crippen molar-refractivity contribution in [1.29, 1.82) is 0 Å². The van der Waals surface area contributed by atoms with Crippen molar-refractivity contribution in [2.75, 3.05) is 0 Å². The second-order valence-electron chi connectivity index (χ2n) is 12.9. The Bertz CT molecular complexity index is 1740. The summed E-state index contributed by atoms with van der Waals surface area (Å²) in [5.41, 5.74) is 7.94. The number of aryl methyl sites for hydroxylation is 2. The van der Waals surface area contributed by atoms with Crippen LogP contribution in [-0.2, 0) is 13.5 Å². The van der Waals surface area contributed by atoms with Crippen LogP contribution in [0.15, 0.2) is 72.8 Å². The molecular weight excluding hydrogens is 478 g/mol. The summed E-state index contributed by atoms with van der Waals surface area (Å²) in [6.07, 6.45) is 1.01. The van der Waals surface area contributed by atoms with Gasteiger partial charge in [-0.2, -0.15) is 4.57 Å². The van der Waals surface area contributed by atoms with Crippen molar-refractivity contribution in [1.82, 2.24) is 0 Å². The van der Waals surface area contributed by atoms with Gasteiger partial charge < -0.3 is 4.74 Å². The van der Waals surface area contributed by atoms with Crippen molar-refractivity contribution < 1.29 is 9.30 Å². The van der Waals surface area contributed by atoms with Crippen LogP contribution in [0.5, 0.6) is 11.5 Å². The van der Waals surface area contributed by atoms with Gasteiger partial charge in [0.25, 0.3) is 5.69 Å². The summed E-state index contributed by atoms with van der Waals surface area (Å²) < 4.78 is 9.23. The minimum absolute atomic E-state index is 0.209. The zero-order valence-corrected chi connectivity index (χ0v) is 25.0. The number of benzene rings is 4. The zero-order chi connectivity index (χ0) is 27.0. The van der Waals surface area contributed by atoms with Crippen LogP contribution in [-0.4, -0.2) is 8.07 Å². The molecule has 0 radical (unpaired) electrons. The van der Waals surface area contributed by atoms with Crippen LogP contribution in [0.1, 0.15) is 37.5 Å². The average Bonchev–Trinajstić information content (AvgIpc) is 2.85. The first-order chi connectivity index (χ1) is 18.0. The van der Waals surface area contributed by atoms with Gasteiger partial charge in [-0.05, 0) is 59.0 Å². The molecular formula is C35H38NOSi+. The molecule has 3 heteroatoms. The molecule has 0 aliphatic carbocycles. The van der Waals surface area contributed by atoms with Gasteiger partial charge in [0.2, 0.25) is 5.52 Å². The summed E-state index contributed by atoms with van der Waals surface area (Å²) in [6.45, 7) is 16.3. The van der Waals surface area contributed by atoms with Crippen LogP contribution in [0, 0.1) is 19.3 Å². The summed E-state index contributed by atoms with van der Waals surface area (Å²) in [4.78, 5) is 0. The van der Waals surface area contributed by atoms with E-state index in [4.69, 9.17) is 4.74 Å². The maximum absolute atomic E-state index is 6.86. The second-order valence-corrected chi connectivity index (χ2v) is 17.2. The Hall–Kier alpha value is -3.43. The molecule has 4 aromatic carbocycles. The first kappa shape index (κ1) is 24.9. The Labute approximate surface area is 227 Å². The molecule has 0 atom stereocenters. The first-order valence-corrected chi connectivity index (χ1v) is 16.7. The molecule has 1 aliphatic heterocycles. The molecule has 0 saturated heterocycles. The zero-order valence-electron chi connectivity index (χ0n) is 24.0. The monoisotopic (exact) mass is 516 g/mol. The highest BCUT2D eigenvalue weighted by Gasteiger charge is 2.35. The van der Waals surface area contributed by atoms with Crippen LogP contribution in [0.25, 0.3) is 32.9 Å². The Kier molecular flexibility index (Phi) is 5.59. The average molecular weight is 517 g/mol. The van der Waals surface area contributed by atoms with E-state index in [1.807, 2.05) is 0 Å². The van der Waals surface area contributed by atoms with Gasteiger partial charge in [0.1, 0.15) is 20.9 Å². The summed E-state index contributed by atoms with van der Waals surface area (Å²) in [6, 6.07) is 27.2. The smallest absolute Gasteiger partial charge is 0.256 e. The molecule has 1 aromatic heterocycles. The third-order valence-corrected chi connectivity index (χ3v) is 12.0. The van der Waals surface area contributed by atoms with E-state index < -0.39 is 8.07 Å². The highest BCUT2D eigenvalue weighted by atomic mass is 28.3. The quantitative estimate of drug-likeness (QED) is 0.174. The van der Waals surface area contributed by atoms with Crippen LogP contribution in [0.2, 0.25) is 13.1 Å². The number of nitrogens with zero attached hydrogens (tertiary/aromatic N) is 1. The molecule has 0 unspecified atom stereocenters. The largest absolute Gasteiger partial charge is 0.450 e. The lowest BCUT2D eigenvalue weighted by molar-refractivity contribution is -0.633. The van der Waals surface area contributed by atoms with E-state index in [1.54, 1.807) is 0 Å². The fourth-order valence-electron chi connectivity index (χ4n) is 6.42. The molecule has 2 heterocycles. The summed E-state index contributed by atoms with van der Waals surface area (Å²) in [5.74, 6) is 1.95. The van der Waals surface area contributed by atoms with Gasteiger partial charge in [-0.3, -0.25) is 0 Å². The van der Waals surface area contributed by atoms with E-state index in [1.165, 1.54) is 60.0 Å². The molecule has 192 valence electrons. The Morgan fingerprint density at radius 3 is 2.29 bits per heavy atom. The number of hydrogen-bond donors (Lipinski definition) is 0. The normalized spacial score (nSPS) is 13.1. The lowest BCUT2D eigenvalue weighted by atomic mass is 9.85. The Morgan fingerprint density at radius 2 is 1.58 bits per heavy atom. The summed E-state index contributed by atoms with van der Waals surface area (Å²) in [5, 5.41) is 6.70. The van der Waals surface area contributed by atoms with Crippen LogP contribution < -0.4 is 19.7 Å². The summed E-state index contributed by atoms with van der Waals surface area (Å²) in [7, 11) is 0.273. The minimum Gasteiger partial charge on any atom is -0.450 e. The standard InChI is InChI=1S/C35H38NOSi/c1-22-17-25-18-24(21-35(3,4)5)19-29-33(25)32(23(22)2)34-30(37-29)20-27-28(36(34)6)15-12-16-31(27)38(7,8)26-13-10-9-11-14-26/h9-20H,21H2,1-8H3/q+1. The van der Waals surface area contributed by atoms with Gasteiger partial charge in [-0.1, -0.05) is 93.6 Å². The number of pyridine rings is 1. The number of aromatic nitrogens is 1. The topological polar surface area (TPSA) is 13.1 Å². The Morgan fingerprint density at radius 1 is 0.842 bits per heavy atom. The molecule has 1 aliphatic rings. The van der Waals surface area contributed by atoms with Crippen molar-refractivity contribution in [3.8, 4) is 22.8 Å². The maximum Gasteiger partial charge on any atom is 0.256 e. The number of rotatable bonds is 3. The fraction of sp³-hybridized carbons (Fsp3) is 0.286. The third-order valence-electron chi connectivity index (χ3n) is 8.43. The van der Waals surface area contributed by atoms with Crippen LogP contribution in [0.3, 0.4) is 0 Å². The van der Waals surface area contributed by atoms with Gasteiger partial charge >= 0.3 is 0 Å². The first-order valence-electron chi connectivity index (χ1n) is 13.7. The van der Waals surface area contributed by atoms with E-state index in [0.29, 0.717) is 0 Å². The van der Waals surface area contributed by atoms with E-state index >= 15 is 0 Å². The number of ether oxygens (including phenoxy) is 1. The van der Waals surface area contributed by atoms with Crippen molar-refractivity contribution in [2.45, 2.75) is 54.1 Å².